The first-order chi connectivity index (χ1) is 20.5. The zero-order chi connectivity index (χ0) is 30.3. The van der Waals surface area contributed by atoms with Crippen molar-refractivity contribution in [1.29, 1.82) is 0 Å². The first-order valence-corrected chi connectivity index (χ1v) is 15.4. The monoisotopic (exact) mass is 583 g/mol. The van der Waals surface area contributed by atoms with E-state index in [9.17, 15) is 14.4 Å². The molecular weight excluding hydrogens is 542 g/mol. The summed E-state index contributed by atoms with van der Waals surface area (Å²) >= 11 is 0. The van der Waals surface area contributed by atoms with Gasteiger partial charge in [-0.2, -0.15) is 5.10 Å². The Bertz CT molecular complexity index is 1490. The number of nitrogens with one attached hydrogen (secondary N) is 2. The number of fused-ring (bicyclic) bond motifs is 2. The fourth-order valence-corrected chi connectivity index (χ4v) is 6.74. The van der Waals surface area contributed by atoms with Crippen LogP contribution in [0.4, 0.5) is 16.3 Å². The summed E-state index contributed by atoms with van der Waals surface area (Å²) < 4.78 is 7.04. The number of hydrogen-bond donors (Lipinski definition) is 2. The second-order valence-electron chi connectivity index (χ2n) is 13.4. The molecule has 3 unspecified atom stereocenters. The third kappa shape index (κ3) is 6.31. The number of carbonyl (C=O) groups excluding carboxylic acids is 3. The van der Waals surface area contributed by atoms with Crippen molar-refractivity contribution in [2.45, 2.75) is 96.2 Å². The van der Waals surface area contributed by atoms with Crippen molar-refractivity contribution >= 4 is 29.4 Å². The predicted molar refractivity (Wildman–Crippen MR) is 165 cm³/mol. The molecule has 3 aliphatic heterocycles. The smallest absolute Gasteiger partial charge is 0.324 e. The van der Waals surface area contributed by atoms with E-state index in [0.29, 0.717) is 30.3 Å². The normalized spacial score (nSPS) is 23.3. The highest BCUT2D eigenvalue weighted by atomic mass is 16.6. The van der Waals surface area contributed by atoms with Gasteiger partial charge in [-0.15, -0.1) is 0 Å². The number of aryl methyl sites for hydroxylation is 1. The van der Waals surface area contributed by atoms with Crippen molar-refractivity contribution in [2.24, 2.45) is 5.92 Å². The molecule has 9 heteroatoms. The Morgan fingerprint density at radius 3 is 2.23 bits per heavy atom. The van der Waals surface area contributed by atoms with E-state index in [1.165, 1.54) is 5.56 Å². The highest BCUT2D eigenvalue weighted by Crippen LogP contribution is 2.41. The van der Waals surface area contributed by atoms with E-state index in [1.54, 1.807) is 4.68 Å². The van der Waals surface area contributed by atoms with Crippen molar-refractivity contribution in [1.82, 2.24) is 14.7 Å². The minimum absolute atomic E-state index is 0.00190. The third-order valence-electron chi connectivity index (χ3n) is 8.98. The minimum atomic E-state index is -0.590. The van der Waals surface area contributed by atoms with Crippen LogP contribution in [0.2, 0.25) is 0 Å². The van der Waals surface area contributed by atoms with Crippen molar-refractivity contribution < 1.29 is 19.1 Å². The SMILES string of the molecule is Cc1ccc(-n2nc(C(C)(C)C)cc2NC(=O)Nc2ccc(CC3CC4CCC(C3)N4C(=O)C3CCC(=O)O3)cc2)cc1. The Kier molecular flexibility index (Phi) is 7.75. The Labute approximate surface area is 253 Å². The molecule has 3 fully saturated rings. The van der Waals surface area contributed by atoms with Gasteiger partial charge in [-0.3, -0.25) is 14.9 Å². The minimum Gasteiger partial charge on any atom is -0.452 e. The summed E-state index contributed by atoms with van der Waals surface area (Å²) in [7, 11) is 0. The van der Waals surface area contributed by atoms with E-state index in [2.05, 4.69) is 43.5 Å². The number of nitrogens with zero attached hydrogens (tertiary/aromatic N) is 3. The fraction of sp³-hybridized carbons (Fsp3) is 0.471. The van der Waals surface area contributed by atoms with E-state index in [4.69, 9.17) is 9.84 Å². The van der Waals surface area contributed by atoms with E-state index >= 15 is 0 Å². The Morgan fingerprint density at radius 1 is 0.953 bits per heavy atom. The molecule has 3 atom stereocenters. The Balaban J connectivity index is 1.06. The van der Waals surface area contributed by atoms with Gasteiger partial charge in [-0.05, 0) is 74.8 Å². The van der Waals surface area contributed by atoms with Gasteiger partial charge in [-0.25, -0.2) is 9.48 Å². The van der Waals surface area contributed by atoms with Crippen LogP contribution < -0.4 is 10.6 Å². The third-order valence-corrected chi connectivity index (χ3v) is 8.98. The Morgan fingerprint density at radius 2 is 1.63 bits per heavy atom. The molecule has 0 radical (unpaired) electrons. The predicted octanol–water partition coefficient (Wildman–Crippen LogP) is 6.14. The van der Waals surface area contributed by atoms with E-state index in [0.717, 1.165) is 49.0 Å². The lowest BCUT2D eigenvalue weighted by Gasteiger charge is -2.40. The standard InChI is InChI=1S/C34H41N5O4/c1-21-5-11-25(12-6-21)39-30(20-29(37-39)34(2,3)4)36-33(42)35-24-9-7-22(8-10-24)17-23-18-26-13-14-27(19-23)38(26)32(41)28-15-16-31(40)43-28/h5-12,20,23,26-28H,13-19H2,1-4H3,(H2,35,36,42). The number of benzene rings is 2. The molecule has 6 rings (SSSR count). The van der Waals surface area contributed by atoms with Gasteiger partial charge >= 0.3 is 12.0 Å². The molecule has 43 heavy (non-hydrogen) atoms. The first-order valence-electron chi connectivity index (χ1n) is 15.4. The zero-order valence-corrected chi connectivity index (χ0v) is 25.4. The molecule has 2 N–H and O–H groups in total. The van der Waals surface area contributed by atoms with Crippen molar-refractivity contribution in [3.8, 4) is 5.69 Å². The van der Waals surface area contributed by atoms with Crippen molar-refractivity contribution in [2.75, 3.05) is 10.6 Å². The van der Waals surface area contributed by atoms with Crippen molar-refractivity contribution in [3.05, 3.63) is 71.4 Å². The van der Waals surface area contributed by atoms with Gasteiger partial charge in [0.15, 0.2) is 6.10 Å². The number of urea groups is 1. The summed E-state index contributed by atoms with van der Waals surface area (Å²) in [5, 5.41) is 10.7. The molecule has 3 saturated heterocycles. The molecule has 9 nitrogen and oxygen atoms in total. The molecule has 3 aliphatic rings. The second-order valence-corrected chi connectivity index (χ2v) is 13.4. The van der Waals surface area contributed by atoms with Crippen LogP contribution >= 0.6 is 0 Å². The van der Waals surface area contributed by atoms with Crippen molar-refractivity contribution in [3.63, 3.8) is 0 Å². The maximum Gasteiger partial charge on any atom is 0.324 e. The fourth-order valence-electron chi connectivity index (χ4n) is 6.74. The van der Waals surface area contributed by atoms with Crippen LogP contribution in [0.15, 0.2) is 54.6 Å². The molecule has 1 aromatic heterocycles. The number of anilines is 2. The summed E-state index contributed by atoms with van der Waals surface area (Å²) in [5.41, 5.74) is 4.68. The van der Waals surface area contributed by atoms with Gasteiger partial charge in [0.05, 0.1) is 11.4 Å². The summed E-state index contributed by atoms with van der Waals surface area (Å²) in [4.78, 5) is 39.7. The number of carbonyl (C=O) groups is 3. The lowest BCUT2D eigenvalue weighted by atomic mass is 9.85. The van der Waals surface area contributed by atoms with E-state index in [1.807, 2.05) is 54.3 Å². The average molecular weight is 584 g/mol. The lowest BCUT2D eigenvalue weighted by molar-refractivity contribution is -0.156. The van der Waals surface area contributed by atoms with Crippen LogP contribution in [0.3, 0.4) is 0 Å². The van der Waals surface area contributed by atoms with Crippen LogP contribution in [0.5, 0.6) is 0 Å². The van der Waals surface area contributed by atoms with Crippen LogP contribution in [0.25, 0.3) is 5.69 Å². The molecule has 0 spiro atoms. The Hall–Kier alpha value is -4.14. The van der Waals surface area contributed by atoms with Crippen LogP contribution in [-0.4, -0.2) is 50.8 Å². The van der Waals surface area contributed by atoms with Gasteiger partial charge in [0.25, 0.3) is 5.91 Å². The molecule has 3 amide bonds. The van der Waals surface area contributed by atoms with Gasteiger partial charge < -0.3 is 15.0 Å². The number of esters is 1. The second kappa shape index (κ2) is 11.5. The summed E-state index contributed by atoms with van der Waals surface area (Å²) in [5.74, 6) is 0.837. The largest absolute Gasteiger partial charge is 0.452 e. The highest BCUT2D eigenvalue weighted by Gasteiger charge is 2.46. The molecule has 2 aromatic carbocycles. The van der Waals surface area contributed by atoms with Gasteiger partial charge in [0.1, 0.15) is 5.82 Å². The molecule has 2 bridgehead atoms. The molecule has 226 valence electrons. The maximum absolute atomic E-state index is 13.1. The maximum atomic E-state index is 13.1. The number of piperidine rings is 1. The molecule has 0 aliphatic carbocycles. The van der Waals surface area contributed by atoms with Crippen LogP contribution in [0, 0.1) is 12.8 Å². The molecular formula is C34H41N5O4. The van der Waals surface area contributed by atoms with E-state index in [-0.39, 0.29) is 35.4 Å². The topological polar surface area (TPSA) is 106 Å². The number of cyclic esters (lactones) is 1. The number of amides is 3. The number of hydrogen-bond acceptors (Lipinski definition) is 5. The van der Waals surface area contributed by atoms with Gasteiger partial charge in [0.2, 0.25) is 0 Å². The first kappa shape index (κ1) is 29.0. The highest BCUT2D eigenvalue weighted by molar-refractivity contribution is 5.99. The summed E-state index contributed by atoms with van der Waals surface area (Å²) in [6.45, 7) is 8.34. The van der Waals surface area contributed by atoms with Gasteiger partial charge in [0, 0.05) is 42.1 Å². The molecule has 4 heterocycles. The zero-order valence-electron chi connectivity index (χ0n) is 25.4. The average Bonchev–Trinajstić information content (AvgIpc) is 3.66. The summed E-state index contributed by atoms with van der Waals surface area (Å²) in [6, 6.07) is 18.1. The van der Waals surface area contributed by atoms with Crippen LogP contribution in [-0.2, 0) is 26.2 Å². The number of rotatable bonds is 6. The van der Waals surface area contributed by atoms with Crippen LogP contribution in [0.1, 0.15) is 76.1 Å². The summed E-state index contributed by atoms with van der Waals surface area (Å²) in [6.07, 6.45) is 5.16. The number of aromatic nitrogens is 2. The van der Waals surface area contributed by atoms with E-state index < -0.39 is 6.10 Å². The van der Waals surface area contributed by atoms with Gasteiger partial charge in [-0.1, -0.05) is 50.6 Å². The quantitative estimate of drug-likeness (QED) is 0.339. The lowest BCUT2D eigenvalue weighted by Crippen LogP contribution is -2.50. The number of ether oxygens (including phenoxy) is 1. The molecule has 0 saturated carbocycles. The molecule has 3 aromatic rings.